The van der Waals surface area contributed by atoms with E-state index in [1.165, 1.54) is 24.4 Å². The number of nitrogens with one attached hydrogen (secondary N) is 2. The molecule has 0 aliphatic rings. The Balaban J connectivity index is 2.07. The maximum Gasteiger partial charge on any atom is 0.294 e. The number of carbonyl (C=O) groups excluding carboxylic acids is 1. The van der Waals surface area contributed by atoms with E-state index in [4.69, 9.17) is 9.81 Å². The molecule has 0 saturated heterocycles. The third kappa shape index (κ3) is 5.42. The predicted octanol–water partition coefficient (Wildman–Crippen LogP) is 2.83. The van der Waals surface area contributed by atoms with Crippen molar-refractivity contribution >= 4 is 37.6 Å². The Kier molecular flexibility index (Phi) is 6.52. The first-order chi connectivity index (χ1) is 12.3. The maximum absolute atomic E-state index is 12.2. The molecule has 0 atom stereocenters. The number of nitrogens with zero attached hydrogens (tertiary/aromatic N) is 1. The number of rotatable bonds is 6. The lowest BCUT2D eigenvalue weighted by atomic mass is 10.2. The second-order valence-corrected chi connectivity index (χ2v) is 7.38. The third-order valence-corrected chi connectivity index (χ3v) is 4.87. The van der Waals surface area contributed by atoms with Gasteiger partial charge in [-0.3, -0.25) is 9.35 Å². The molecule has 26 heavy (non-hydrogen) atoms. The Bertz CT molecular complexity index is 997. The Hall–Kier alpha value is -2.67. The fourth-order valence-corrected chi connectivity index (χ4v) is 2.94. The zero-order valence-electron chi connectivity index (χ0n) is 13.3. The minimum atomic E-state index is -4.38. The number of nitriles is 1. The van der Waals surface area contributed by atoms with Gasteiger partial charge in [-0.05, 0) is 29.8 Å². The van der Waals surface area contributed by atoms with Crippen molar-refractivity contribution < 1.29 is 17.8 Å². The highest BCUT2D eigenvalue weighted by Gasteiger charge is 2.13. The van der Waals surface area contributed by atoms with Crippen molar-refractivity contribution in [1.29, 1.82) is 5.26 Å². The van der Waals surface area contributed by atoms with Crippen LogP contribution in [0.1, 0.15) is 5.56 Å². The van der Waals surface area contributed by atoms with E-state index in [-0.39, 0.29) is 16.2 Å². The number of anilines is 1. The van der Waals surface area contributed by atoms with Gasteiger partial charge in [0, 0.05) is 22.9 Å². The Labute approximate surface area is 159 Å². The van der Waals surface area contributed by atoms with Crippen molar-refractivity contribution in [3.63, 3.8) is 0 Å². The molecule has 0 radical (unpaired) electrons. The zero-order chi connectivity index (χ0) is 19.2. The molecule has 0 aliphatic carbocycles. The van der Waals surface area contributed by atoms with Crippen LogP contribution < -0.4 is 10.6 Å². The second kappa shape index (κ2) is 8.62. The highest BCUT2D eigenvalue weighted by Crippen LogP contribution is 2.16. The highest BCUT2D eigenvalue weighted by molar-refractivity contribution is 9.10. The number of hydrogen-bond donors (Lipinski definition) is 3. The minimum Gasteiger partial charge on any atom is -0.386 e. The molecule has 0 unspecified atom stereocenters. The van der Waals surface area contributed by atoms with E-state index >= 15 is 0 Å². The topological polar surface area (TPSA) is 119 Å². The van der Waals surface area contributed by atoms with Gasteiger partial charge in [0.15, 0.2) is 0 Å². The van der Waals surface area contributed by atoms with Crippen LogP contribution in [0.5, 0.6) is 0 Å². The van der Waals surface area contributed by atoms with E-state index in [2.05, 4.69) is 26.6 Å². The molecule has 0 saturated carbocycles. The van der Waals surface area contributed by atoms with Crippen LogP contribution in [0.15, 0.2) is 69.7 Å². The van der Waals surface area contributed by atoms with Gasteiger partial charge in [0.05, 0.1) is 4.90 Å². The summed E-state index contributed by atoms with van der Waals surface area (Å²) in [6.45, 7) is 0.401. The molecular weight excluding hydrogens is 422 g/mol. The lowest BCUT2D eigenvalue weighted by molar-refractivity contribution is -0.112. The van der Waals surface area contributed by atoms with Gasteiger partial charge in [-0.15, -0.1) is 0 Å². The van der Waals surface area contributed by atoms with E-state index in [0.717, 1.165) is 16.1 Å². The molecule has 0 spiro atoms. The second-order valence-electron chi connectivity index (χ2n) is 5.10. The smallest absolute Gasteiger partial charge is 0.294 e. The molecule has 0 fully saturated rings. The summed E-state index contributed by atoms with van der Waals surface area (Å²) >= 11 is 3.40. The lowest BCUT2D eigenvalue weighted by Crippen LogP contribution is -2.17. The van der Waals surface area contributed by atoms with E-state index < -0.39 is 16.0 Å². The molecule has 7 nitrogen and oxygen atoms in total. The molecule has 0 bridgehead atoms. The quantitative estimate of drug-likeness (QED) is 0.364. The van der Waals surface area contributed by atoms with Crippen molar-refractivity contribution in [3.8, 4) is 6.07 Å². The molecule has 134 valence electrons. The summed E-state index contributed by atoms with van der Waals surface area (Å²) in [5, 5.41) is 14.4. The number of hydrogen-bond acceptors (Lipinski definition) is 5. The van der Waals surface area contributed by atoms with Gasteiger partial charge in [-0.25, -0.2) is 0 Å². The van der Waals surface area contributed by atoms with E-state index in [0.29, 0.717) is 6.54 Å². The molecule has 3 N–H and O–H groups in total. The summed E-state index contributed by atoms with van der Waals surface area (Å²) in [6, 6.07) is 14.4. The fourth-order valence-electron chi connectivity index (χ4n) is 1.99. The molecular formula is C17H14BrN3O4S. The molecule has 9 heteroatoms. The van der Waals surface area contributed by atoms with Gasteiger partial charge in [-0.1, -0.05) is 40.2 Å². The fraction of sp³-hybridized carbons (Fsp3) is 0.0588. The summed E-state index contributed by atoms with van der Waals surface area (Å²) in [5.74, 6) is -0.709. The van der Waals surface area contributed by atoms with Crippen LogP contribution in [0, 0.1) is 11.3 Å². The zero-order valence-corrected chi connectivity index (χ0v) is 15.7. The summed E-state index contributed by atoms with van der Waals surface area (Å²) in [7, 11) is -4.38. The average molecular weight is 436 g/mol. The number of benzene rings is 2. The van der Waals surface area contributed by atoms with Crippen LogP contribution in [0.3, 0.4) is 0 Å². The Morgan fingerprint density at radius 3 is 2.62 bits per heavy atom. The molecule has 1 amide bonds. The summed E-state index contributed by atoms with van der Waals surface area (Å²) in [4.78, 5) is 11.8. The predicted molar refractivity (Wildman–Crippen MR) is 99.6 cm³/mol. The van der Waals surface area contributed by atoms with Crippen LogP contribution in [0.4, 0.5) is 5.69 Å². The molecule has 2 aromatic rings. The van der Waals surface area contributed by atoms with Crippen molar-refractivity contribution in [1.82, 2.24) is 5.32 Å². The van der Waals surface area contributed by atoms with Gasteiger partial charge in [0.2, 0.25) is 0 Å². The first kappa shape index (κ1) is 19.7. The Morgan fingerprint density at radius 1 is 1.23 bits per heavy atom. The average Bonchev–Trinajstić information content (AvgIpc) is 2.59. The van der Waals surface area contributed by atoms with Gasteiger partial charge in [-0.2, -0.15) is 13.7 Å². The Morgan fingerprint density at radius 2 is 1.96 bits per heavy atom. The first-order valence-electron chi connectivity index (χ1n) is 7.27. The molecule has 0 heterocycles. The van der Waals surface area contributed by atoms with Gasteiger partial charge in [0.1, 0.15) is 11.6 Å². The van der Waals surface area contributed by atoms with Crippen molar-refractivity contribution in [3.05, 3.63) is 70.3 Å². The van der Waals surface area contributed by atoms with E-state index in [9.17, 15) is 13.2 Å². The van der Waals surface area contributed by atoms with Gasteiger partial charge in [0.25, 0.3) is 16.0 Å². The number of amides is 1. The molecule has 0 aromatic heterocycles. The molecule has 2 aromatic carbocycles. The van der Waals surface area contributed by atoms with Crippen molar-refractivity contribution in [2.24, 2.45) is 0 Å². The summed E-state index contributed by atoms with van der Waals surface area (Å²) in [6.07, 6.45) is 1.28. The van der Waals surface area contributed by atoms with Crippen LogP contribution in [0.25, 0.3) is 0 Å². The molecule has 2 rings (SSSR count). The monoisotopic (exact) mass is 435 g/mol. The molecule has 0 aliphatic heterocycles. The van der Waals surface area contributed by atoms with Crippen LogP contribution in [0.2, 0.25) is 0 Å². The van der Waals surface area contributed by atoms with Gasteiger partial charge >= 0.3 is 0 Å². The largest absolute Gasteiger partial charge is 0.386 e. The first-order valence-corrected chi connectivity index (χ1v) is 9.50. The van der Waals surface area contributed by atoms with E-state index in [1.807, 2.05) is 24.3 Å². The van der Waals surface area contributed by atoms with Crippen LogP contribution in [-0.4, -0.2) is 18.9 Å². The van der Waals surface area contributed by atoms with Crippen molar-refractivity contribution in [2.75, 3.05) is 5.32 Å². The SMILES string of the molecule is N#C/C(=C/NCc1ccccc1Br)C(=O)Nc1cccc(S(=O)(=O)O)c1. The van der Waals surface area contributed by atoms with Crippen molar-refractivity contribution in [2.45, 2.75) is 11.4 Å². The standard InChI is InChI=1S/C17H14BrN3O4S/c18-16-7-2-1-4-12(16)10-20-11-13(9-19)17(22)21-14-5-3-6-15(8-14)26(23,24)25/h1-8,11,20H,10H2,(H,21,22)(H,23,24,25)/b13-11-. The third-order valence-electron chi connectivity index (χ3n) is 3.25. The lowest BCUT2D eigenvalue weighted by Gasteiger charge is -2.07. The van der Waals surface area contributed by atoms with E-state index in [1.54, 1.807) is 6.07 Å². The van der Waals surface area contributed by atoms with Crippen LogP contribution >= 0.6 is 15.9 Å². The summed E-state index contributed by atoms with van der Waals surface area (Å²) in [5.41, 5.74) is 0.897. The minimum absolute atomic E-state index is 0.136. The normalized spacial score (nSPS) is 11.5. The maximum atomic E-state index is 12.2. The summed E-state index contributed by atoms with van der Waals surface area (Å²) < 4.78 is 32.2. The number of halogens is 1. The highest BCUT2D eigenvalue weighted by atomic mass is 79.9. The number of carbonyl (C=O) groups is 1. The van der Waals surface area contributed by atoms with Gasteiger partial charge < -0.3 is 10.6 Å². The van der Waals surface area contributed by atoms with Crippen LogP contribution in [-0.2, 0) is 21.5 Å².